The van der Waals surface area contributed by atoms with Crippen molar-refractivity contribution in [2.75, 3.05) is 0 Å². The minimum atomic E-state index is -0.176. The predicted octanol–water partition coefficient (Wildman–Crippen LogP) is 4.03. The molecule has 0 fully saturated rings. The Morgan fingerprint density at radius 2 is 1.46 bits per heavy atom. The maximum atomic E-state index is 5.73. The summed E-state index contributed by atoms with van der Waals surface area (Å²) >= 11 is 5.73. The van der Waals surface area contributed by atoms with Crippen LogP contribution in [0, 0.1) is 0 Å². The average molecular weight is 219 g/mol. The average Bonchev–Trinajstić information content (AvgIpc) is 2.16. The Kier molecular flexibility index (Phi) is 12.5. The van der Waals surface area contributed by atoms with Gasteiger partial charge in [-0.25, -0.2) is 0 Å². The predicted molar refractivity (Wildman–Crippen MR) is 66.3 cm³/mol. The van der Waals surface area contributed by atoms with E-state index in [0.717, 1.165) is 0 Å². The molecule has 0 spiro atoms. The van der Waals surface area contributed by atoms with E-state index in [-0.39, 0.29) is 8.83 Å². The fourth-order valence-electron chi connectivity index (χ4n) is 1.44. The van der Waals surface area contributed by atoms with Gasteiger partial charge in [0, 0.05) is 0 Å². The van der Waals surface area contributed by atoms with Gasteiger partial charge in [0.2, 0.25) is 0 Å². The molecule has 0 unspecified atom stereocenters. The minimum Gasteiger partial charge on any atom is -0.176 e. The fraction of sp³-hybridized carbons (Fsp3) is 0.818. The van der Waals surface area contributed by atoms with Gasteiger partial charge in [0.1, 0.15) is 8.83 Å². The number of unbranched alkanes of at least 4 members (excludes halogenated alkanes) is 7. The Bertz CT molecular complexity index is 104. The van der Waals surface area contributed by atoms with Crippen LogP contribution in [0.25, 0.3) is 0 Å². The van der Waals surface area contributed by atoms with Crippen molar-refractivity contribution in [1.82, 2.24) is 0 Å². The first-order chi connectivity index (χ1) is 6.41. The molecule has 0 aliphatic carbocycles. The fourth-order valence-corrected chi connectivity index (χ4v) is 2.55. The Labute approximate surface area is 90.3 Å². The molecule has 0 saturated heterocycles. The van der Waals surface area contributed by atoms with Gasteiger partial charge >= 0.3 is 0 Å². The molecule has 0 aliphatic heterocycles. The number of hydrogen-bond donors (Lipinski definition) is 0. The topological polar surface area (TPSA) is 0 Å². The summed E-state index contributed by atoms with van der Waals surface area (Å²) in [6.07, 6.45) is 13.0. The number of hydrogen-bond acceptors (Lipinski definition) is 0. The van der Waals surface area contributed by atoms with Crippen molar-refractivity contribution in [3.63, 3.8) is 0 Å². The number of halogens is 1. The van der Waals surface area contributed by atoms with Gasteiger partial charge in [-0.05, 0) is 18.9 Å². The molecule has 0 rings (SSSR count). The zero-order valence-corrected chi connectivity index (χ0v) is 10.9. The highest BCUT2D eigenvalue weighted by Gasteiger charge is 1.91. The van der Waals surface area contributed by atoms with Gasteiger partial charge in [-0.2, -0.15) is 11.1 Å². The lowest BCUT2D eigenvalue weighted by atomic mass is 10.1. The third kappa shape index (κ3) is 12.2. The van der Waals surface area contributed by atoms with Crippen LogP contribution in [0.3, 0.4) is 0 Å². The lowest BCUT2D eigenvalue weighted by Crippen LogP contribution is -1.82. The van der Waals surface area contributed by atoms with Gasteiger partial charge in [-0.3, -0.25) is 0 Å². The summed E-state index contributed by atoms with van der Waals surface area (Å²) in [6.45, 7) is 3.72. The summed E-state index contributed by atoms with van der Waals surface area (Å²) in [5.41, 5.74) is 0. The summed E-state index contributed by atoms with van der Waals surface area (Å²) in [5, 5.41) is 0. The molecule has 0 aromatic rings. The molecule has 0 bridgehead atoms. The molecule has 13 heavy (non-hydrogen) atoms. The van der Waals surface area contributed by atoms with Gasteiger partial charge < -0.3 is 0 Å². The van der Waals surface area contributed by atoms with Gasteiger partial charge in [-0.1, -0.05) is 44.6 Å². The van der Waals surface area contributed by atoms with Crippen LogP contribution in [0.1, 0.15) is 51.4 Å². The molecule has 2 heteroatoms. The van der Waals surface area contributed by atoms with Crippen LogP contribution in [0.15, 0.2) is 12.7 Å². The third-order valence-corrected chi connectivity index (χ3v) is 3.86. The maximum Gasteiger partial charge on any atom is 0.125 e. The molecule has 0 heterocycles. The van der Waals surface area contributed by atoms with Crippen molar-refractivity contribution in [2.45, 2.75) is 57.4 Å². The van der Waals surface area contributed by atoms with Gasteiger partial charge in [-0.15, -0.1) is 6.58 Å². The van der Waals surface area contributed by atoms with Gasteiger partial charge in [0.05, 0.1) is 0 Å². The smallest absolute Gasteiger partial charge is 0.125 e. The van der Waals surface area contributed by atoms with E-state index in [9.17, 15) is 0 Å². The van der Waals surface area contributed by atoms with E-state index in [1.807, 2.05) is 6.08 Å². The number of rotatable bonds is 10. The molecule has 0 atom stereocenters. The van der Waals surface area contributed by atoms with E-state index >= 15 is 0 Å². The highest BCUT2D eigenvalue weighted by atomic mass is 35.6. The van der Waals surface area contributed by atoms with Gasteiger partial charge in [0.15, 0.2) is 0 Å². The van der Waals surface area contributed by atoms with Crippen LogP contribution >= 0.6 is 11.1 Å². The Hall–Kier alpha value is 0.247. The molecule has 0 N–H and O–H groups in total. The Balaban J connectivity index is 2.79. The Morgan fingerprint density at radius 3 is 2.00 bits per heavy atom. The van der Waals surface area contributed by atoms with E-state index in [4.69, 9.17) is 11.1 Å². The molecule has 0 amide bonds. The molecule has 0 saturated carbocycles. The van der Waals surface area contributed by atoms with Crippen LogP contribution in [0.2, 0.25) is 6.04 Å². The van der Waals surface area contributed by atoms with E-state index in [1.54, 1.807) is 0 Å². The molecule has 0 aromatic heterocycles. The molecular formula is C11H23ClSi. The largest absolute Gasteiger partial charge is 0.176 e. The van der Waals surface area contributed by atoms with E-state index in [0.29, 0.717) is 0 Å². The zero-order valence-electron chi connectivity index (χ0n) is 8.73. The lowest BCUT2D eigenvalue weighted by molar-refractivity contribution is 0.592. The monoisotopic (exact) mass is 218 g/mol. The summed E-state index contributed by atoms with van der Waals surface area (Å²) in [5.74, 6) is 0. The first kappa shape index (κ1) is 13.2. The highest BCUT2D eigenvalue weighted by molar-refractivity contribution is 6.93. The molecule has 0 nitrogen and oxygen atoms in total. The summed E-state index contributed by atoms with van der Waals surface area (Å²) in [7, 11) is -0.176. The minimum absolute atomic E-state index is 0.176. The quantitative estimate of drug-likeness (QED) is 0.225. The highest BCUT2D eigenvalue weighted by Crippen LogP contribution is 2.09. The third-order valence-electron chi connectivity index (χ3n) is 2.29. The van der Waals surface area contributed by atoms with Crippen LogP contribution in [-0.2, 0) is 0 Å². The molecule has 0 aliphatic rings. The standard InChI is InChI=1S/C11H23ClSi/c1-2-3-4-5-6-7-8-9-10-11-13-12/h2H,1,3-11,13H2. The first-order valence-corrected chi connectivity index (χ1v) is 8.72. The summed E-state index contributed by atoms with van der Waals surface area (Å²) in [6, 6.07) is 1.33. The van der Waals surface area contributed by atoms with Crippen molar-refractivity contribution < 1.29 is 0 Å². The van der Waals surface area contributed by atoms with Gasteiger partial charge in [0.25, 0.3) is 0 Å². The molecule has 78 valence electrons. The number of allylic oxidation sites excluding steroid dienone is 1. The molecule has 0 aromatic carbocycles. The molecular weight excluding hydrogens is 196 g/mol. The lowest BCUT2D eigenvalue weighted by Gasteiger charge is -1.99. The van der Waals surface area contributed by atoms with E-state index < -0.39 is 0 Å². The SMILES string of the molecule is C=CCCCCCCCCC[SiH2]Cl. The second-order valence-corrected chi connectivity index (χ2v) is 5.81. The summed E-state index contributed by atoms with van der Waals surface area (Å²) < 4.78 is 0. The van der Waals surface area contributed by atoms with Crippen molar-refractivity contribution in [1.29, 1.82) is 0 Å². The molecule has 0 radical (unpaired) electrons. The maximum absolute atomic E-state index is 5.73. The van der Waals surface area contributed by atoms with Crippen molar-refractivity contribution >= 4 is 19.9 Å². The second kappa shape index (κ2) is 12.2. The van der Waals surface area contributed by atoms with Crippen LogP contribution in [0.5, 0.6) is 0 Å². The Morgan fingerprint density at radius 1 is 0.923 bits per heavy atom. The van der Waals surface area contributed by atoms with Crippen LogP contribution in [-0.4, -0.2) is 8.83 Å². The second-order valence-electron chi connectivity index (χ2n) is 3.59. The summed E-state index contributed by atoms with van der Waals surface area (Å²) in [4.78, 5) is 0. The normalized spacial score (nSPS) is 11.2. The van der Waals surface area contributed by atoms with Crippen molar-refractivity contribution in [3.05, 3.63) is 12.7 Å². The van der Waals surface area contributed by atoms with Crippen molar-refractivity contribution in [2.24, 2.45) is 0 Å². The van der Waals surface area contributed by atoms with Crippen LogP contribution < -0.4 is 0 Å². The van der Waals surface area contributed by atoms with Crippen molar-refractivity contribution in [3.8, 4) is 0 Å². The van der Waals surface area contributed by atoms with Crippen LogP contribution in [0.4, 0.5) is 0 Å². The zero-order chi connectivity index (χ0) is 9.78. The van der Waals surface area contributed by atoms with E-state index in [2.05, 4.69) is 6.58 Å². The first-order valence-electron chi connectivity index (χ1n) is 5.58. The van der Waals surface area contributed by atoms with E-state index in [1.165, 1.54) is 57.4 Å².